The Labute approximate surface area is 162 Å². The van der Waals surface area contributed by atoms with E-state index in [0.717, 1.165) is 16.3 Å². The van der Waals surface area contributed by atoms with E-state index in [-0.39, 0.29) is 4.90 Å². The van der Waals surface area contributed by atoms with Crippen LogP contribution in [0.25, 0.3) is 22.0 Å². The van der Waals surface area contributed by atoms with Gasteiger partial charge in [0, 0.05) is 17.3 Å². The first-order valence-corrected chi connectivity index (χ1v) is 10.0. The number of nitrogens with one attached hydrogen (secondary N) is 1. The molecule has 1 aromatic heterocycles. The van der Waals surface area contributed by atoms with Crippen LogP contribution in [0.3, 0.4) is 0 Å². The van der Waals surface area contributed by atoms with E-state index >= 15 is 0 Å². The molecule has 1 heterocycles. The highest BCUT2D eigenvalue weighted by Crippen LogP contribution is 2.24. The van der Waals surface area contributed by atoms with E-state index in [9.17, 15) is 8.42 Å². The van der Waals surface area contributed by atoms with Crippen LogP contribution < -0.4 is 9.46 Å². The summed E-state index contributed by atoms with van der Waals surface area (Å²) >= 11 is 0. The van der Waals surface area contributed by atoms with E-state index in [1.807, 2.05) is 24.3 Å². The van der Waals surface area contributed by atoms with E-state index < -0.39 is 10.0 Å². The molecule has 4 rings (SSSR count). The summed E-state index contributed by atoms with van der Waals surface area (Å²) in [6.07, 6.45) is 0. The molecule has 3 aromatic carbocycles. The molecule has 0 saturated heterocycles. The lowest BCUT2D eigenvalue weighted by Gasteiger charge is -2.10. The topological polar surface area (TPSA) is 81.2 Å². The maximum absolute atomic E-state index is 12.7. The third-order valence-corrected chi connectivity index (χ3v) is 5.69. The Balaban J connectivity index is 1.56. The van der Waals surface area contributed by atoms with Gasteiger partial charge in [0.2, 0.25) is 5.88 Å². The summed E-state index contributed by atoms with van der Waals surface area (Å²) in [5.41, 5.74) is 1.96. The monoisotopic (exact) mass is 391 g/mol. The third kappa shape index (κ3) is 3.65. The Morgan fingerprint density at radius 2 is 1.57 bits per heavy atom. The first-order chi connectivity index (χ1) is 13.5. The van der Waals surface area contributed by atoms with Crippen molar-refractivity contribution in [1.29, 1.82) is 0 Å². The molecule has 6 nitrogen and oxygen atoms in total. The first kappa shape index (κ1) is 17.9. The van der Waals surface area contributed by atoms with E-state index in [1.165, 1.54) is 7.11 Å². The van der Waals surface area contributed by atoms with Gasteiger partial charge < -0.3 is 4.74 Å². The molecule has 0 radical (unpaired) electrons. The standard InChI is InChI=1S/C21H17N3O3S/c1-27-21-13-12-20(22-23-21)16-6-9-18(10-7-16)24-28(25,26)19-11-8-15-4-2-3-5-17(15)14-19/h2-14,24H,1H3. The molecule has 0 saturated carbocycles. The van der Waals surface area contributed by atoms with Crippen molar-refractivity contribution in [3.63, 3.8) is 0 Å². The van der Waals surface area contributed by atoms with Crippen LogP contribution in [0.4, 0.5) is 5.69 Å². The maximum atomic E-state index is 12.7. The second-order valence-electron chi connectivity index (χ2n) is 6.15. The zero-order valence-electron chi connectivity index (χ0n) is 15.0. The number of nitrogens with zero attached hydrogens (tertiary/aromatic N) is 2. The van der Waals surface area contributed by atoms with Gasteiger partial charge in [0.05, 0.1) is 17.7 Å². The molecule has 0 aliphatic rings. The van der Waals surface area contributed by atoms with Crippen molar-refractivity contribution in [1.82, 2.24) is 10.2 Å². The van der Waals surface area contributed by atoms with Crippen LogP contribution in [0.15, 0.2) is 83.8 Å². The Kier molecular flexibility index (Phi) is 4.67. The lowest BCUT2D eigenvalue weighted by Crippen LogP contribution is -2.12. The van der Waals surface area contributed by atoms with Gasteiger partial charge in [0.15, 0.2) is 0 Å². The zero-order valence-corrected chi connectivity index (χ0v) is 15.8. The minimum absolute atomic E-state index is 0.219. The largest absolute Gasteiger partial charge is 0.480 e. The number of hydrogen-bond donors (Lipinski definition) is 1. The highest BCUT2D eigenvalue weighted by molar-refractivity contribution is 7.92. The summed E-state index contributed by atoms with van der Waals surface area (Å²) in [7, 11) is -2.16. The van der Waals surface area contributed by atoms with Gasteiger partial charge in [-0.05, 0) is 41.1 Å². The average Bonchev–Trinajstić information content (AvgIpc) is 2.74. The minimum atomic E-state index is -3.69. The lowest BCUT2D eigenvalue weighted by molar-refractivity contribution is 0.392. The molecule has 0 spiro atoms. The van der Waals surface area contributed by atoms with Crippen LogP contribution in [-0.4, -0.2) is 25.7 Å². The molecule has 0 atom stereocenters. The molecule has 28 heavy (non-hydrogen) atoms. The van der Waals surface area contributed by atoms with Gasteiger partial charge in [-0.25, -0.2) is 8.42 Å². The number of rotatable bonds is 5. The number of anilines is 1. The third-order valence-electron chi connectivity index (χ3n) is 4.31. The number of methoxy groups -OCH3 is 1. The Hall–Kier alpha value is -3.45. The summed E-state index contributed by atoms with van der Waals surface area (Å²) in [6.45, 7) is 0. The van der Waals surface area contributed by atoms with Crippen molar-refractivity contribution in [2.45, 2.75) is 4.90 Å². The fourth-order valence-corrected chi connectivity index (χ4v) is 3.93. The van der Waals surface area contributed by atoms with Crippen LogP contribution in [0, 0.1) is 0 Å². The average molecular weight is 391 g/mol. The minimum Gasteiger partial charge on any atom is -0.480 e. The molecule has 140 valence electrons. The Morgan fingerprint density at radius 3 is 2.25 bits per heavy atom. The molecule has 0 fully saturated rings. The molecule has 0 aliphatic heterocycles. The molecule has 1 N–H and O–H groups in total. The van der Waals surface area contributed by atoms with Gasteiger partial charge in [0.1, 0.15) is 0 Å². The SMILES string of the molecule is COc1ccc(-c2ccc(NS(=O)(=O)c3ccc4ccccc4c3)cc2)nn1. The summed E-state index contributed by atoms with van der Waals surface area (Å²) < 4.78 is 33.1. The van der Waals surface area contributed by atoms with Crippen molar-refractivity contribution in [2.24, 2.45) is 0 Å². The fourth-order valence-electron chi connectivity index (χ4n) is 2.84. The van der Waals surface area contributed by atoms with Crippen molar-refractivity contribution in [2.75, 3.05) is 11.8 Å². The van der Waals surface area contributed by atoms with E-state index in [4.69, 9.17) is 4.74 Å². The van der Waals surface area contributed by atoms with Crippen molar-refractivity contribution >= 4 is 26.5 Å². The summed E-state index contributed by atoms with van der Waals surface area (Å²) in [5.74, 6) is 0.434. The molecular formula is C21H17N3O3S. The van der Waals surface area contributed by atoms with Crippen molar-refractivity contribution < 1.29 is 13.2 Å². The fraction of sp³-hybridized carbons (Fsp3) is 0.0476. The molecular weight excluding hydrogens is 374 g/mol. The second kappa shape index (κ2) is 7.28. The molecule has 4 aromatic rings. The van der Waals surface area contributed by atoms with Gasteiger partial charge in [-0.3, -0.25) is 4.72 Å². The molecule has 0 aliphatic carbocycles. The molecule has 7 heteroatoms. The van der Waals surface area contributed by atoms with Gasteiger partial charge in [-0.15, -0.1) is 10.2 Å². The predicted molar refractivity (Wildman–Crippen MR) is 109 cm³/mol. The highest BCUT2D eigenvalue weighted by atomic mass is 32.2. The lowest BCUT2D eigenvalue weighted by atomic mass is 10.1. The number of aromatic nitrogens is 2. The van der Waals surface area contributed by atoms with Crippen LogP contribution >= 0.6 is 0 Å². The molecule has 0 unspecified atom stereocenters. The van der Waals surface area contributed by atoms with Gasteiger partial charge in [0.25, 0.3) is 10.0 Å². The van der Waals surface area contributed by atoms with Gasteiger partial charge in [-0.2, -0.15) is 0 Å². The first-order valence-electron chi connectivity index (χ1n) is 8.55. The number of benzene rings is 3. The predicted octanol–water partition coefficient (Wildman–Crippen LogP) is 4.11. The molecule has 0 amide bonds. The summed E-state index contributed by atoms with van der Waals surface area (Å²) in [4.78, 5) is 0.219. The number of sulfonamides is 1. The van der Waals surface area contributed by atoms with Crippen molar-refractivity contribution in [3.05, 3.63) is 78.9 Å². The summed E-state index contributed by atoms with van der Waals surface area (Å²) in [6, 6.07) is 23.2. The second-order valence-corrected chi connectivity index (χ2v) is 7.84. The molecule has 0 bridgehead atoms. The van der Waals surface area contributed by atoms with E-state index in [0.29, 0.717) is 17.3 Å². The van der Waals surface area contributed by atoms with Crippen molar-refractivity contribution in [3.8, 4) is 17.1 Å². The number of fused-ring (bicyclic) bond motifs is 1. The smallest absolute Gasteiger partial charge is 0.261 e. The van der Waals surface area contributed by atoms with Crippen LogP contribution in [0.1, 0.15) is 0 Å². The number of ether oxygens (including phenoxy) is 1. The van der Waals surface area contributed by atoms with Crippen LogP contribution in [0.2, 0.25) is 0 Å². The zero-order chi connectivity index (χ0) is 19.6. The normalized spacial score (nSPS) is 11.3. The highest BCUT2D eigenvalue weighted by Gasteiger charge is 2.15. The quantitative estimate of drug-likeness (QED) is 0.554. The Bertz CT molecular complexity index is 1220. The Morgan fingerprint density at radius 1 is 0.821 bits per heavy atom. The van der Waals surface area contributed by atoms with E-state index in [2.05, 4.69) is 14.9 Å². The van der Waals surface area contributed by atoms with Crippen LogP contribution in [0.5, 0.6) is 5.88 Å². The summed E-state index contributed by atoms with van der Waals surface area (Å²) in [5, 5.41) is 9.89. The van der Waals surface area contributed by atoms with Crippen LogP contribution in [-0.2, 0) is 10.0 Å². The maximum Gasteiger partial charge on any atom is 0.261 e. The van der Waals surface area contributed by atoms with Gasteiger partial charge >= 0.3 is 0 Å². The number of hydrogen-bond acceptors (Lipinski definition) is 5. The van der Waals surface area contributed by atoms with Gasteiger partial charge in [-0.1, -0.05) is 42.5 Å². The van der Waals surface area contributed by atoms with E-state index in [1.54, 1.807) is 54.6 Å².